The number of nitrogens with one attached hydrogen (secondary N) is 1. The van der Waals surface area contributed by atoms with Gasteiger partial charge in [-0.25, -0.2) is 13.2 Å². The van der Waals surface area contributed by atoms with Crippen LogP contribution in [0.25, 0.3) is 6.08 Å². The number of sulfonamides is 1. The van der Waals surface area contributed by atoms with E-state index in [-0.39, 0.29) is 16.4 Å². The van der Waals surface area contributed by atoms with Gasteiger partial charge in [-0.3, -0.25) is 9.10 Å². The zero-order valence-electron chi connectivity index (χ0n) is 21.0. The first-order valence-corrected chi connectivity index (χ1v) is 13.3. The van der Waals surface area contributed by atoms with Crippen molar-refractivity contribution in [1.29, 1.82) is 0 Å². The van der Waals surface area contributed by atoms with Gasteiger partial charge in [-0.15, -0.1) is 0 Å². The molecule has 10 heteroatoms. The number of hydrogen-bond donors (Lipinski definition) is 1. The number of amides is 1. The van der Waals surface area contributed by atoms with E-state index in [1.165, 1.54) is 30.7 Å². The maximum absolute atomic E-state index is 13.7. The Morgan fingerprint density at radius 1 is 1.00 bits per heavy atom. The number of nitrogens with zero attached hydrogens (tertiary/aromatic N) is 1. The number of fused-ring (bicyclic) bond motifs is 1. The summed E-state index contributed by atoms with van der Waals surface area (Å²) in [5.74, 6) is -0.949. The van der Waals surface area contributed by atoms with E-state index in [1.807, 2.05) is 42.5 Å². The number of hydrogen-bond acceptors (Lipinski definition) is 7. The Labute approximate surface area is 221 Å². The van der Waals surface area contributed by atoms with Crippen molar-refractivity contribution in [1.82, 2.24) is 5.32 Å². The first kappa shape index (κ1) is 26.7. The van der Waals surface area contributed by atoms with E-state index >= 15 is 0 Å². The molecule has 38 heavy (non-hydrogen) atoms. The third kappa shape index (κ3) is 5.97. The lowest BCUT2D eigenvalue weighted by molar-refractivity contribution is -0.143. The minimum absolute atomic E-state index is 0.0618. The van der Waals surface area contributed by atoms with Crippen LogP contribution in [0.4, 0.5) is 5.69 Å². The topological polar surface area (TPSA) is 111 Å². The maximum Gasteiger partial charge on any atom is 0.331 e. The Kier molecular flexibility index (Phi) is 8.32. The van der Waals surface area contributed by atoms with Gasteiger partial charge in [0.2, 0.25) is 0 Å². The van der Waals surface area contributed by atoms with Crippen molar-refractivity contribution < 1.29 is 32.2 Å². The van der Waals surface area contributed by atoms with Crippen LogP contribution >= 0.6 is 0 Å². The zero-order valence-corrected chi connectivity index (χ0v) is 21.9. The molecule has 1 heterocycles. The molecule has 0 bridgehead atoms. The molecule has 0 fully saturated rings. The number of benzene rings is 3. The van der Waals surface area contributed by atoms with Gasteiger partial charge in [0, 0.05) is 19.2 Å². The first-order chi connectivity index (χ1) is 18.3. The molecule has 0 spiro atoms. The van der Waals surface area contributed by atoms with E-state index in [9.17, 15) is 18.0 Å². The van der Waals surface area contributed by atoms with Crippen molar-refractivity contribution in [2.45, 2.75) is 17.9 Å². The highest BCUT2D eigenvalue weighted by molar-refractivity contribution is 7.93. The second kappa shape index (κ2) is 11.8. The highest BCUT2D eigenvalue weighted by Gasteiger charge is 2.34. The Morgan fingerprint density at radius 3 is 2.47 bits per heavy atom. The molecule has 0 atom stereocenters. The first-order valence-electron chi connectivity index (χ1n) is 11.9. The van der Waals surface area contributed by atoms with Crippen molar-refractivity contribution in [3.8, 4) is 11.5 Å². The molecule has 0 radical (unpaired) electrons. The summed E-state index contributed by atoms with van der Waals surface area (Å²) < 4.78 is 44.6. The minimum Gasteiger partial charge on any atom is -0.493 e. The van der Waals surface area contributed by atoms with Crippen LogP contribution in [-0.2, 0) is 37.3 Å². The number of anilines is 1. The SMILES string of the molecule is COc1cc(/C=C/C(=O)OCC(=O)NCc2ccccc2)cc(S(=O)(=O)N2CCc3ccccc32)c1OC. The summed E-state index contributed by atoms with van der Waals surface area (Å²) in [7, 11) is -1.25. The van der Waals surface area contributed by atoms with Gasteiger partial charge in [-0.1, -0.05) is 48.5 Å². The summed E-state index contributed by atoms with van der Waals surface area (Å²) in [6, 6.07) is 19.6. The van der Waals surface area contributed by atoms with Crippen LogP contribution in [0.5, 0.6) is 11.5 Å². The van der Waals surface area contributed by atoms with Gasteiger partial charge in [0.25, 0.3) is 15.9 Å². The molecular formula is C28H28N2O7S. The summed E-state index contributed by atoms with van der Waals surface area (Å²) in [6.07, 6.45) is 3.11. The van der Waals surface area contributed by atoms with E-state index in [0.29, 0.717) is 30.8 Å². The van der Waals surface area contributed by atoms with Gasteiger partial charge in [0.05, 0.1) is 19.9 Å². The van der Waals surface area contributed by atoms with Gasteiger partial charge in [-0.05, 0) is 47.4 Å². The number of methoxy groups -OCH3 is 2. The van der Waals surface area contributed by atoms with Crippen LogP contribution < -0.4 is 19.1 Å². The van der Waals surface area contributed by atoms with E-state index in [0.717, 1.165) is 17.2 Å². The number of carbonyl (C=O) groups is 2. The number of rotatable bonds is 10. The molecule has 1 aliphatic heterocycles. The smallest absolute Gasteiger partial charge is 0.331 e. The predicted molar refractivity (Wildman–Crippen MR) is 143 cm³/mol. The Hall–Kier alpha value is -4.31. The average Bonchev–Trinajstić information content (AvgIpc) is 3.39. The molecule has 0 saturated carbocycles. The third-order valence-electron chi connectivity index (χ3n) is 5.97. The van der Waals surface area contributed by atoms with Crippen LogP contribution in [0.2, 0.25) is 0 Å². The summed E-state index contributed by atoms with van der Waals surface area (Å²) in [5, 5.41) is 2.67. The van der Waals surface area contributed by atoms with Gasteiger partial charge >= 0.3 is 5.97 Å². The summed E-state index contributed by atoms with van der Waals surface area (Å²) in [4.78, 5) is 24.1. The quantitative estimate of drug-likeness (QED) is 0.313. The normalized spacial score (nSPS) is 12.7. The molecule has 3 aromatic carbocycles. The highest BCUT2D eigenvalue weighted by Crippen LogP contribution is 2.40. The largest absolute Gasteiger partial charge is 0.493 e. The number of ether oxygens (including phenoxy) is 3. The second-order valence-corrected chi connectivity index (χ2v) is 10.2. The lowest BCUT2D eigenvalue weighted by atomic mass is 10.2. The fourth-order valence-electron chi connectivity index (χ4n) is 4.11. The van der Waals surface area contributed by atoms with Gasteiger partial charge in [-0.2, -0.15) is 0 Å². The number of carbonyl (C=O) groups excluding carboxylic acids is 2. The van der Waals surface area contributed by atoms with E-state index < -0.39 is 28.5 Å². The van der Waals surface area contributed by atoms with E-state index in [4.69, 9.17) is 14.2 Å². The fourth-order valence-corrected chi connectivity index (χ4v) is 5.82. The fraction of sp³-hybridized carbons (Fsp3) is 0.214. The lowest BCUT2D eigenvalue weighted by Crippen LogP contribution is -2.29. The van der Waals surface area contributed by atoms with Gasteiger partial charge in [0.1, 0.15) is 4.90 Å². The molecule has 1 N–H and O–H groups in total. The van der Waals surface area contributed by atoms with Crippen molar-refractivity contribution in [3.63, 3.8) is 0 Å². The molecule has 0 saturated heterocycles. The second-order valence-electron chi connectivity index (χ2n) is 8.41. The van der Waals surface area contributed by atoms with Crippen LogP contribution in [-0.4, -0.2) is 47.7 Å². The van der Waals surface area contributed by atoms with E-state index in [1.54, 1.807) is 18.2 Å². The third-order valence-corrected chi connectivity index (χ3v) is 7.79. The Balaban J connectivity index is 1.49. The lowest BCUT2D eigenvalue weighted by Gasteiger charge is -2.22. The van der Waals surface area contributed by atoms with Gasteiger partial charge < -0.3 is 19.5 Å². The molecule has 1 aliphatic rings. The zero-order chi connectivity index (χ0) is 27.1. The predicted octanol–water partition coefficient (Wildman–Crippen LogP) is 3.33. The molecule has 1 amide bonds. The maximum atomic E-state index is 13.7. The monoisotopic (exact) mass is 536 g/mol. The molecular weight excluding hydrogens is 508 g/mol. The molecule has 0 aromatic heterocycles. The van der Waals surface area contributed by atoms with Crippen LogP contribution in [0.1, 0.15) is 16.7 Å². The van der Waals surface area contributed by atoms with Crippen molar-refractivity contribution >= 4 is 33.7 Å². The molecule has 198 valence electrons. The molecule has 0 unspecified atom stereocenters. The molecule has 0 aliphatic carbocycles. The van der Waals surface area contributed by atoms with Crippen molar-refractivity contribution in [3.05, 3.63) is 89.5 Å². The number of para-hydroxylation sites is 1. The summed E-state index contributed by atoms with van der Waals surface area (Å²) >= 11 is 0. The Morgan fingerprint density at radius 2 is 1.74 bits per heavy atom. The Bertz CT molecular complexity index is 1450. The average molecular weight is 537 g/mol. The van der Waals surface area contributed by atoms with Gasteiger partial charge in [0.15, 0.2) is 18.1 Å². The summed E-state index contributed by atoms with van der Waals surface area (Å²) in [6.45, 7) is 0.166. The minimum atomic E-state index is -4.01. The van der Waals surface area contributed by atoms with Crippen molar-refractivity contribution in [2.24, 2.45) is 0 Å². The number of esters is 1. The standard InChI is InChI=1S/C28H28N2O7S/c1-35-24-16-21(12-13-27(32)37-19-26(31)29-18-20-8-4-3-5-9-20)17-25(28(24)36-2)38(33,34)30-15-14-22-10-6-7-11-23(22)30/h3-13,16-17H,14-15,18-19H2,1-2H3,(H,29,31)/b13-12+. The molecule has 4 rings (SSSR count). The van der Waals surface area contributed by atoms with Crippen LogP contribution in [0.15, 0.2) is 77.7 Å². The van der Waals surface area contributed by atoms with Crippen molar-refractivity contribution in [2.75, 3.05) is 31.7 Å². The van der Waals surface area contributed by atoms with Crippen LogP contribution in [0, 0.1) is 0 Å². The molecule has 3 aromatic rings. The summed E-state index contributed by atoms with van der Waals surface area (Å²) in [5.41, 5.74) is 2.85. The molecule has 9 nitrogen and oxygen atoms in total. The highest BCUT2D eigenvalue weighted by atomic mass is 32.2. The van der Waals surface area contributed by atoms with Crippen LogP contribution in [0.3, 0.4) is 0 Å². The van der Waals surface area contributed by atoms with E-state index in [2.05, 4.69) is 5.32 Å².